The summed E-state index contributed by atoms with van der Waals surface area (Å²) in [4.78, 5) is 23.3. The van der Waals surface area contributed by atoms with E-state index in [0.29, 0.717) is 12.0 Å². The fourth-order valence-electron chi connectivity index (χ4n) is 4.31. The normalized spacial score (nSPS) is 21.5. The van der Waals surface area contributed by atoms with E-state index < -0.39 is 0 Å². The maximum atomic E-state index is 12.7. The van der Waals surface area contributed by atoms with E-state index in [4.69, 9.17) is 0 Å². The van der Waals surface area contributed by atoms with E-state index in [2.05, 4.69) is 26.7 Å². The molecule has 2 fully saturated rings. The Kier molecular flexibility index (Phi) is 6.07. The number of rotatable bonds is 4. The number of carbonyl (C=O) groups is 1. The molecule has 2 aliphatic rings. The largest absolute Gasteiger partial charge is 0.342 e. The van der Waals surface area contributed by atoms with Crippen LogP contribution in [0.4, 0.5) is 0 Å². The molecule has 0 aromatic carbocycles. The first-order valence-corrected chi connectivity index (χ1v) is 9.60. The monoisotopic (exact) mass is 344 g/mol. The first-order chi connectivity index (χ1) is 12.1. The molecule has 3 rings (SSSR count). The molecule has 2 aliphatic heterocycles. The highest BCUT2D eigenvalue weighted by molar-refractivity contribution is 5.78. The molecule has 0 atom stereocenters. The van der Waals surface area contributed by atoms with Gasteiger partial charge in [-0.3, -0.25) is 14.7 Å². The van der Waals surface area contributed by atoms with Gasteiger partial charge in [-0.1, -0.05) is 0 Å². The maximum absolute atomic E-state index is 12.7. The second-order valence-corrected chi connectivity index (χ2v) is 8.07. The van der Waals surface area contributed by atoms with Crippen LogP contribution in [0, 0.1) is 5.41 Å². The first-order valence-electron chi connectivity index (χ1n) is 9.60. The van der Waals surface area contributed by atoms with Gasteiger partial charge in [-0.2, -0.15) is 0 Å². The molecule has 0 saturated carbocycles. The van der Waals surface area contributed by atoms with Crippen LogP contribution in [0.3, 0.4) is 0 Å². The minimum Gasteiger partial charge on any atom is -0.342 e. The van der Waals surface area contributed by atoms with Gasteiger partial charge >= 0.3 is 0 Å². The molecular weight excluding hydrogens is 312 g/mol. The minimum absolute atomic E-state index is 0.275. The fourth-order valence-corrected chi connectivity index (χ4v) is 4.31. The number of hydrogen-bond acceptors (Lipinski definition) is 4. The Hall–Kier alpha value is -1.46. The van der Waals surface area contributed by atoms with Crippen LogP contribution in [0.1, 0.15) is 37.7 Å². The van der Waals surface area contributed by atoms with Gasteiger partial charge in [-0.25, -0.2) is 0 Å². The lowest BCUT2D eigenvalue weighted by Crippen LogP contribution is -2.46. The summed E-state index contributed by atoms with van der Waals surface area (Å²) in [5.41, 5.74) is 1.69. The average molecular weight is 345 g/mol. The predicted molar refractivity (Wildman–Crippen MR) is 100 cm³/mol. The molecule has 0 bridgehead atoms. The smallest absolute Gasteiger partial charge is 0.236 e. The Morgan fingerprint density at radius 1 is 1.12 bits per heavy atom. The van der Waals surface area contributed by atoms with E-state index in [0.717, 1.165) is 19.6 Å². The number of pyridine rings is 1. The Morgan fingerprint density at radius 3 is 2.52 bits per heavy atom. The number of likely N-dealkylation sites (N-methyl/N-ethyl adjacent to an activating group) is 1. The van der Waals surface area contributed by atoms with E-state index >= 15 is 0 Å². The van der Waals surface area contributed by atoms with Crippen LogP contribution in [0.15, 0.2) is 24.5 Å². The molecule has 1 aromatic rings. The Balaban J connectivity index is 1.46. The van der Waals surface area contributed by atoms with Crippen molar-refractivity contribution in [1.29, 1.82) is 0 Å². The van der Waals surface area contributed by atoms with Gasteiger partial charge in [0.2, 0.25) is 5.91 Å². The molecule has 138 valence electrons. The molecule has 3 heterocycles. The summed E-state index contributed by atoms with van der Waals surface area (Å²) < 4.78 is 0. The minimum atomic E-state index is 0.275. The summed E-state index contributed by atoms with van der Waals surface area (Å²) in [7, 11) is 4.25. The quantitative estimate of drug-likeness (QED) is 0.840. The molecule has 0 aliphatic carbocycles. The summed E-state index contributed by atoms with van der Waals surface area (Å²) in [6, 6.07) is 4.02. The topological polar surface area (TPSA) is 39.7 Å². The Bertz CT molecular complexity index is 554. The van der Waals surface area contributed by atoms with Crippen LogP contribution in [-0.4, -0.2) is 72.4 Å². The summed E-state index contributed by atoms with van der Waals surface area (Å²) in [6.45, 7) is 5.60. The van der Waals surface area contributed by atoms with Crippen molar-refractivity contribution in [3.05, 3.63) is 30.1 Å². The van der Waals surface area contributed by atoms with Gasteiger partial charge in [-0.15, -0.1) is 0 Å². The van der Waals surface area contributed by atoms with Gasteiger partial charge in [0.25, 0.3) is 0 Å². The summed E-state index contributed by atoms with van der Waals surface area (Å²) in [6.07, 6.45) is 9.91. The van der Waals surface area contributed by atoms with Crippen molar-refractivity contribution in [3.63, 3.8) is 0 Å². The molecular formula is C20H32N4O. The zero-order valence-corrected chi connectivity index (χ0v) is 15.8. The van der Waals surface area contributed by atoms with Crippen LogP contribution < -0.4 is 0 Å². The molecule has 5 heteroatoms. The third kappa shape index (κ3) is 5.02. The van der Waals surface area contributed by atoms with Gasteiger partial charge in [0, 0.05) is 32.0 Å². The van der Waals surface area contributed by atoms with Crippen molar-refractivity contribution in [2.75, 3.05) is 46.8 Å². The molecule has 25 heavy (non-hydrogen) atoms. The highest BCUT2D eigenvalue weighted by atomic mass is 16.2. The zero-order chi connectivity index (χ0) is 17.7. The summed E-state index contributed by atoms with van der Waals surface area (Å²) in [5, 5.41) is 0. The lowest BCUT2D eigenvalue weighted by Gasteiger charge is -2.42. The summed E-state index contributed by atoms with van der Waals surface area (Å²) >= 11 is 0. The van der Waals surface area contributed by atoms with Crippen LogP contribution in [0.5, 0.6) is 0 Å². The van der Waals surface area contributed by atoms with E-state index in [1.165, 1.54) is 50.8 Å². The third-order valence-electron chi connectivity index (χ3n) is 6.05. The number of hydrogen-bond donors (Lipinski definition) is 0. The van der Waals surface area contributed by atoms with Gasteiger partial charge in [0.1, 0.15) is 0 Å². The summed E-state index contributed by atoms with van der Waals surface area (Å²) in [5.74, 6) is 0.275. The predicted octanol–water partition coefficient (Wildman–Crippen LogP) is 2.24. The number of amides is 1. The fraction of sp³-hybridized carbons (Fsp3) is 0.700. The molecule has 0 N–H and O–H groups in total. The molecule has 5 nitrogen and oxygen atoms in total. The molecule has 1 spiro atoms. The first kappa shape index (κ1) is 18.3. The van der Waals surface area contributed by atoms with Crippen LogP contribution in [-0.2, 0) is 11.3 Å². The number of nitrogens with zero attached hydrogens (tertiary/aromatic N) is 4. The lowest BCUT2D eigenvalue weighted by molar-refractivity contribution is -0.134. The van der Waals surface area contributed by atoms with E-state index in [-0.39, 0.29) is 5.91 Å². The van der Waals surface area contributed by atoms with E-state index in [1.807, 2.05) is 19.2 Å². The van der Waals surface area contributed by atoms with Crippen LogP contribution in [0.2, 0.25) is 0 Å². The second kappa shape index (κ2) is 8.28. The van der Waals surface area contributed by atoms with Gasteiger partial charge < -0.3 is 9.80 Å². The van der Waals surface area contributed by atoms with E-state index in [1.54, 1.807) is 12.4 Å². The number of likely N-dealkylation sites (tertiary alicyclic amines) is 2. The van der Waals surface area contributed by atoms with Gasteiger partial charge in [0.05, 0.1) is 6.54 Å². The van der Waals surface area contributed by atoms with Gasteiger partial charge in [0.15, 0.2) is 0 Å². The molecule has 2 saturated heterocycles. The van der Waals surface area contributed by atoms with Crippen molar-refractivity contribution in [2.24, 2.45) is 5.41 Å². The number of piperidine rings is 1. The molecule has 0 radical (unpaired) electrons. The van der Waals surface area contributed by atoms with E-state index in [9.17, 15) is 4.79 Å². The molecule has 1 aromatic heterocycles. The standard InChI is InChI=1S/C20H32N4O/c1-22-12-3-6-20(7-13-22)8-14-24(15-9-20)19(25)17-23(2)16-18-4-10-21-11-5-18/h4-5,10-11H,3,6-9,12-17H2,1-2H3. The highest BCUT2D eigenvalue weighted by Gasteiger charge is 2.36. The van der Waals surface area contributed by atoms with Crippen molar-refractivity contribution < 1.29 is 4.79 Å². The van der Waals surface area contributed by atoms with Crippen LogP contribution in [0.25, 0.3) is 0 Å². The maximum Gasteiger partial charge on any atom is 0.236 e. The third-order valence-corrected chi connectivity index (χ3v) is 6.05. The van der Waals surface area contributed by atoms with Crippen molar-refractivity contribution >= 4 is 5.91 Å². The Labute approximate surface area is 152 Å². The SMILES string of the molecule is CN1CCCC2(CC1)CCN(C(=O)CN(C)Cc1ccncc1)CC2. The molecule has 1 amide bonds. The number of aromatic nitrogens is 1. The second-order valence-electron chi connectivity index (χ2n) is 8.07. The Morgan fingerprint density at radius 2 is 1.80 bits per heavy atom. The van der Waals surface area contributed by atoms with Gasteiger partial charge in [-0.05, 0) is 82.4 Å². The van der Waals surface area contributed by atoms with Crippen LogP contribution >= 0.6 is 0 Å². The van der Waals surface area contributed by atoms with Crippen molar-refractivity contribution in [2.45, 2.75) is 38.6 Å². The molecule has 0 unspecified atom stereocenters. The zero-order valence-electron chi connectivity index (χ0n) is 15.8. The lowest BCUT2D eigenvalue weighted by atomic mass is 9.73. The highest BCUT2D eigenvalue weighted by Crippen LogP contribution is 2.41. The number of carbonyl (C=O) groups excluding carboxylic acids is 1. The van der Waals surface area contributed by atoms with Crippen molar-refractivity contribution in [3.8, 4) is 0 Å². The average Bonchev–Trinajstić information content (AvgIpc) is 2.78. The van der Waals surface area contributed by atoms with Crippen molar-refractivity contribution in [1.82, 2.24) is 19.7 Å².